The number of amides is 2. The highest BCUT2D eigenvalue weighted by Gasteiger charge is 2.50. The van der Waals surface area contributed by atoms with Crippen LogP contribution >= 0.6 is 0 Å². The first-order valence-corrected chi connectivity index (χ1v) is 7.07. The highest BCUT2D eigenvalue weighted by Crippen LogP contribution is 2.34. The van der Waals surface area contributed by atoms with Gasteiger partial charge >= 0.3 is 12.0 Å². The standard InChI is InChI=1S/C13H22N2O5/c1-2-13(11(17)18)4-3-5-15(13)12(19)14-6-7-20-9-10(14)8-16/h10,16H,2-9H2,1H3,(H,17,18). The first kappa shape index (κ1) is 15.1. The molecule has 2 rings (SSSR count). The van der Waals surface area contributed by atoms with Gasteiger partial charge in [-0.25, -0.2) is 9.59 Å². The summed E-state index contributed by atoms with van der Waals surface area (Å²) in [6.45, 7) is 3.17. The molecule has 0 bridgehead atoms. The van der Waals surface area contributed by atoms with Crippen LogP contribution in [-0.4, -0.2) is 76.5 Å². The highest BCUT2D eigenvalue weighted by atomic mass is 16.5. The first-order valence-electron chi connectivity index (χ1n) is 7.07. The molecule has 0 aromatic rings. The molecule has 2 atom stereocenters. The maximum Gasteiger partial charge on any atom is 0.329 e. The van der Waals surface area contributed by atoms with Gasteiger partial charge in [0.25, 0.3) is 0 Å². The van der Waals surface area contributed by atoms with Crippen molar-refractivity contribution in [3.63, 3.8) is 0 Å². The number of aliphatic hydroxyl groups excluding tert-OH is 1. The van der Waals surface area contributed by atoms with Gasteiger partial charge < -0.3 is 24.7 Å². The van der Waals surface area contributed by atoms with Crippen molar-refractivity contribution in [3.8, 4) is 0 Å². The van der Waals surface area contributed by atoms with Crippen molar-refractivity contribution in [1.82, 2.24) is 9.80 Å². The Labute approximate surface area is 118 Å². The monoisotopic (exact) mass is 286 g/mol. The van der Waals surface area contributed by atoms with Crippen LogP contribution in [0.2, 0.25) is 0 Å². The van der Waals surface area contributed by atoms with Gasteiger partial charge in [0.05, 0.1) is 25.9 Å². The van der Waals surface area contributed by atoms with Crippen molar-refractivity contribution in [2.24, 2.45) is 0 Å². The predicted molar refractivity (Wildman–Crippen MR) is 70.4 cm³/mol. The summed E-state index contributed by atoms with van der Waals surface area (Å²) >= 11 is 0. The lowest BCUT2D eigenvalue weighted by Gasteiger charge is -2.41. The van der Waals surface area contributed by atoms with Crippen molar-refractivity contribution in [2.75, 3.05) is 32.9 Å². The molecule has 2 amide bonds. The van der Waals surface area contributed by atoms with Crippen LogP contribution < -0.4 is 0 Å². The number of carboxylic acids is 1. The molecule has 0 aromatic heterocycles. The number of aliphatic hydroxyl groups is 1. The van der Waals surface area contributed by atoms with E-state index in [9.17, 15) is 19.8 Å². The number of urea groups is 1. The molecular formula is C13H22N2O5. The van der Waals surface area contributed by atoms with Gasteiger partial charge in [-0.15, -0.1) is 0 Å². The minimum Gasteiger partial charge on any atom is -0.479 e. The third kappa shape index (κ3) is 2.35. The number of aliphatic carboxylic acids is 1. The van der Waals surface area contributed by atoms with Gasteiger partial charge in [-0.2, -0.15) is 0 Å². The van der Waals surface area contributed by atoms with Gasteiger partial charge in [-0.3, -0.25) is 0 Å². The van der Waals surface area contributed by atoms with E-state index in [1.54, 1.807) is 11.8 Å². The average Bonchev–Trinajstić information content (AvgIpc) is 2.91. The van der Waals surface area contributed by atoms with Gasteiger partial charge in [0.1, 0.15) is 5.54 Å². The van der Waals surface area contributed by atoms with Crippen molar-refractivity contribution < 1.29 is 24.5 Å². The maximum atomic E-state index is 12.7. The first-order chi connectivity index (χ1) is 9.56. The molecule has 114 valence electrons. The fraction of sp³-hybridized carbons (Fsp3) is 0.846. The summed E-state index contributed by atoms with van der Waals surface area (Å²) in [6, 6.07) is -0.686. The molecule has 7 nitrogen and oxygen atoms in total. The van der Waals surface area contributed by atoms with Gasteiger partial charge in [0.15, 0.2) is 0 Å². The van der Waals surface area contributed by atoms with Gasteiger partial charge in [-0.1, -0.05) is 6.92 Å². The number of rotatable bonds is 3. The normalized spacial score (nSPS) is 30.6. The van der Waals surface area contributed by atoms with E-state index in [-0.39, 0.29) is 18.7 Å². The molecule has 2 saturated heterocycles. The quantitative estimate of drug-likeness (QED) is 0.769. The summed E-state index contributed by atoms with van der Waals surface area (Å²) in [5, 5.41) is 18.9. The zero-order valence-electron chi connectivity index (χ0n) is 11.7. The Kier molecular flexibility index (Phi) is 4.49. The second-order valence-corrected chi connectivity index (χ2v) is 5.33. The van der Waals surface area contributed by atoms with Crippen LogP contribution in [0, 0.1) is 0 Å². The second kappa shape index (κ2) is 5.97. The molecule has 2 heterocycles. The molecule has 20 heavy (non-hydrogen) atoms. The number of hydrogen-bond donors (Lipinski definition) is 2. The Morgan fingerprint density at radius 1 is 1.40 bits per heavy atom. The number of ether oxygens (including phenoxy) is 1. The van der Waals surface area contributed by atoms with E-state index < -0.39 is 11.5 Å². The van der Waals surface area contributed by atoms with E-state index in [4.69, 9.17) is 4.74 Å². The van der Waals surface area contributed by atoms with Crippen molar-refractivity contribution in [3.05, 3.63) is 0 Å². The van der Waals surface area contributed by atoms with Crippen LogP contribution in [0.5, 0.6) is 0 Å². The minimum atomic E-state index is -1.10. The summed E-state index contributed by atoms with van der Waals surface area (Å²) in [5.74, 6) is -0.945. The lowest BCUT2D eigenvalue weighted by molar-refractivity contribution is -0.148. The molecule has 0 aliphatic carbocycles. The Hall–Kier alpha value is -1.34. The molecule has 2 N–H and O–H groups in total. The van der Waals surface area contributed by atoms with Gasteiger partial charge in [-0.05, 0) is 19.3 Å². The van der Waals surface area contributed by atoms with Gasteiger partial charge in [0.2, 0.25) is 0 Å². The Morgan fingerprint density at radius 3 is 2.75 bits per heavy atom. The molecule has 0 spiro atoms. The number of likely N-dealkylation sites (tertiary alicyclic amines) is 1. The van der Waals surface area contributed by atoms with Crippen molar-refractivity contribution >= 4 is 12.0 Å². The predicted octanol–water partition coefficient (Wildman–Crippen LogP) is 0.129. The SMILES string of the molecule is CCC1(C(=O)O)CCCN1C(=O)N1CCOCC1CO. The second-order valence-electron chi connectivity index (χ2n) is 5.33. The number of nitrogens with zero attached hydrogens (tertiary/aromatic N) is 2. The topological polar surface area (TPSA) is 90.3 Å². The molecule has 0 aromatic carbocycles. The highest BCUT2D eigenvalue weighted by molar-refractivity contribution is 5.87. The third-order valence-corrected chi connectivity index (χ3v) is 4.39. The lowest BCUT2D eigenvalue weighted by Crippen LogP contribution is -2.61. The largest absolute Gasteiger partial charge is 0.479 e. The van der Waals surface area contributed by atoms with Crippen LogP contribution in [0.3, 0.4) is 0 Å². The number of morpholine rings is 1. The average molecular weight is 286 g/mol. The lowest BCUT2D eigenvalue weighted by atomic mass is 9.93. The number of carbonyl (C=O) groups excluding carboxylic acids is 1. The summed E-state index contributed by atoms with van der Waals surface area (Å²) in [4.78, 5) is 27.3. The van der Waals surface area contributed by atoms with Crippen LogP contribution in [0.1, 0.15) is 26.2 Å². The van der Waals surface area contributed by atoms with E-state index in [1.807, 2.05) is 0 Å². The van der Waals surface area contributed by atoms with E-state index >= 15 is 0 Å². The molecule has 7 heteroatoms. The molecule has 0 saturated carbocycles. The summed E-state index contributed by atoms with van der Waals surface area (Å²) in [7, 11) is 0. The van der Waals surface area contributed by atoms with Crippen molar-refractivity contribution in [2.45, 2.75) is 37.8 Å². The van der Waals surface area contributed by atoms with Crippen LogP contribution in [0.4, 0.5) is 4.79 Å². The van der Waals surface area contributed by atoms with E-state index in [0.717, 1.165) is 0 Å². The molecule has 0 radical (unpaired) electrons. The number of carbonyl (C=O) groups is 2. The summed E-state index contributed by atoms with van der Waals surface area (Å²) < 4.78 is 5.25. The smallest absolute Gasteiger partial charge is 0.329 e. The number of hydrogen-bond acceptors (Lipinski definition) is 4. The Morgan fingerprint density at radius 2 is 2.15 bits per heavy atom. The van der Waals surface area contributed by atoms with Crippen LogP contribution in [0.15, 0.2) is 0 Å². The molecule has 2 fully saturated rings. The van der Waals surface area contributed by atoms with Crippen LogP contribution in [0.25, 0.3) is 0 Å². The Balaban J connectivity index is 2.20. The molecule has 2 aliphatic heterocycles. The zero-order chi connectivity index (χ0) is 14.8. The minimum absolute atomic E-state index is 0.175. The van der Waals surface area contributed by atoms with E-state index in [0.29, 0.717) is 45.6 Å². The number of carboxylic acid groups (broad SMARTS) is 1. The fourth-order valence-corrected chi connectivity index (χ4v) is 3.11. The maximum absolute atomic E-state index is 12.7. The van der Waals surface area contributed by atoms with Gasteiger partial charge in [0, 0.05) is 13.1 Å². The van der Waals surface area contributed by atoms with Crippen molar-refractivity contribution in [1.29, 1.82) is 0 Å². The molecule has 2 aliphatic rings. The Bertz CT molecular complexity index is 389. The molecule has 2 unspecified atom stereocenters. The fourth-order valence-electron chi connectivity index (χ4n) is 3.11. The zero-order valence-corrected chi connectivity index (χ0v) is 11.7. The van der Waals surface area contributed by atoms with Crippen LogP contribution in [-0.2, 0) is 9.53 Å². The van der Waals surface area contributed by atoms with E-state index in [2.05, 4.69) is 0 Å². The summed E-state index contributed by atoms with van der Waals surface area (Å²) in [6.07, 6.45) is 1.57. The molecular weight excluding hydrogens is 264 g/mol. The summed E-state index contributed by atoms with van der Waals surface area (Å²) in [5.41, 5.74) is -1.10. The third-order valence-electron chi connectivity index (χ3n) is 4.39. The van der Waals surface area contributed by atoms with E-state index in [1.165, 1.54) is 4.90 Å².